The van der Waals surface area contributed by atoms with Crippen molar-refractivity contribution in [2.75, 3.05) is 27.4 Å². The van der Waals surface area contributed by atoms with Crippen molar-refractivity contribution in [2.45, 2.75) is 39.5 Å². The summed E-state index contributed by atoms with van der Waals surface area (Å²) in [4.78, 5) is 52.9. The van der Waals surface area contributed by atoms with Gasteiger partial charge in [-0.05, 0) is 30.5 Å². The molecule has 222 valence electrons. The number of fused-ring (bicyclic) bond motifs is 2. The van der Waals surface area contributed by atoms with Crippen LogP contribution in [0.4, 0.5) is 0 Å². The molecule has 10 nitrogen and oxygen atoms in total. The van der Waals surface area contributed by atoms with E-state index in [1.165, 1.54) is 50.7 Å². The Kier molecular flexibility index (Phi) is 10.1. The maximum Gasteiger partial charge on any atom is 0.306 e. The van der Waals surface area contributed by atoms with Gasteiger partial charge in [0.05, 0.1) is 53.3 Å². The van der Waals surface area contributed by atoms with Crippen molar-refractivity contribution >= 4 is 66.3 Å². The fourth-order valence-corrected chi connectivity index (χ4v) is 6.08. The minimum Gasteiger partial charge on any atom is -0.493 e. The van der Waals surface area contributed by atoms with E-state index in [1.54, 1.807) is 30.3 Å². The van der Waals surface area contributed by atoms with E-state index in [9.17, 15) is 19.2 Å². The predicted molar refractivity (Wildman–Crippen MR) is 160 cm³/mol. The van der Waals surface area contributed by atoms with E-state index in [4.69, 9.17) is 24.1 Å². The number of rotatable bonds is 16. The van der Waals surface area contributed by atoms with E-state index in [-0.39, 0.29) is 43.2 Å². The van der Waals surface area contributed by atoms with E-state index in [2.05, 4.69) is 4.98 Å². The van der Waals surface area contributed by atoms with Gasteiger partial charge in [-0.25, -0.2) is 4.98 Å². The SMILES string of the molecule is COc1cc2sc(C(=O)C[C@H](C)C(=O)O)cc2cc1OCCCOc1nc2cc(C(=O)CCC(C)=O)sc2cc1OC. The first kappa shape index (κ1) is 30.9. The molecule has 4 aromatic rings. The van der Waals surface area contributed by atoms with Gasteiger partial charge in [0.15, 0.2) is 28.8 Å². The summed E-state index contributed by atoms with van der Waals surface area (Å²) in [6.07, 6.45) is 0.824. The molecule has 1 aromatic carbocycles. The molecule has 0 unspecified atom stereocenters. The number of ketones is 3. The second-order valence-electron chi connectivity index (χ2n) is 9.68. The summed E-state index contributed by atoms with van der Waals surface area (Å²) in [6, 6.07) is 8.83. The van der Waals surface area contributed by atoms with Crippen LogP contribution < -0.4 is 18.9 Å². The molecule has 0 saturated heterocycles. The number of ether oxygens (including phenoxy) is 4. The van der Waals surface area contributed by atoms with Gasteiger partial charge in [0, 0.05) is 42.5 Å². The Morgan fingerprint density at radius 1 is 0.833 bits per heavy atom. The molecule has 0 fully saturated rings. The standard InChI is InChI=1S/C30H31NO9S2/c1-16(30(35)36)10-21(34)27-12-18-11-23(22(37-3)14-25(18)41-27)39-8-5-9-40-29-24(38-4)15-26-19(31-29)13-28(42-26)20(33)7-6-17(2)32/h11-16H,5-10H2,1-4H3,(H,35,36)/t16-/m0/s1. The number of aromatic nitrogens is 1. The normalized spacial score (nSPS) is 11.8. The van der Waals surface area contributed by atoms with Crippen molar-refractivity contribution in [3.63, 3.8) is 0 Å². The van der Waals surface area contributed by atoms with Crippen LogP contribution in [0.2, 0.25) is 0 Å². The van der Waals surface area contributed by atoms with Crippen LogP contribution in [0.1, 0.15) is 58.9 Å². The van der Waals surface area contributed by atoms with Crippen molar-refractivity contribution in [1.82, 2.24) is 4.98 Å². The Morgan fingerprint density at radius 2 is 1.50 bits per heavy atom. The van der Waals surface area contributed by atoms with Crippen LogP contribution in [0.25, 0.3) is 20.3 Å². The zero-order valence-electron chi connectivity index (χ0n) is 23.7. The third kappa shape index (κ3) is 7.42. The topological polar surface area (TPSA) is 138 Å². The Labute approximate surface area is 250 Å². The Morgan fingerprint density at radius 3 is 2.19 bits per heavy atom. The quantitative estimate of drug-likeness (QED) is 0.114. The highest BCUT2D eigenvalue weighted by molar-refractivity contribution is 7.21. The molecule has 12 heteroatoms. The molecular formula is C30H31NO9S2. The highest BCUT2D eigenvalue weighted by Crippen LogP contribution is 2.38. The number of carbonyl (C=O) groups excluding carboxylic acids is 3. The van der Waals surface area contributed by atoms with Crippen LogP contribution in [0.5, 0.6) is 23.1 Å². The van der Waals surface area contributed by atoms with Gasteiger partial charge >= 0.3 is 5.97 Å². The Bertz CT molecular complexity index is 1640. The van der Waals surface area contributed by atoms with Gasteiger partial charge in [0.2, 0.25) is 0 Å². The van der Waals surface area contributed by atoms with Crippen LogP contribution >= 0.6 is 22.7 Å². The lowest BCUT2D eigenvalue weighted by Gasteiger charge is -2.12. The summed E-state index contributed by atoms with van der Waals surface area (Å²) >= 11 is 2.59. The number of pyridine rings is 1. The average molecular weight is 614 g/mol. The van der Waals surface area contributed by atoms with Crippen LogP contribution in [-0.2, 0) is 9.59 Å². The zero-order valence-corrected chi connectivity index (χ0v) is 25.3. The lowest BCUT2D eigenvalue weighted by atomic mass is 10.0. The van der Waals surface area contributed by atoms with Crippen molar-refractivity contribution in [2.24, 2.45) is 5.92 Å². The van der Waals surface area contributed by atoms with Crippen molar-refractivity contribution in [3.05, 3.63) is 40.1 Å². The minimum absolute atomic E-state index is 0.0281. The summed E-state index contributed by atoms with van der Waals surface area (Å²) in [5.41, 5.74) is 0.613. The summed E-state index contributed by atoms with van der Waals surface area (Å²) in [5.74, 6) is -0.330. The van der Waals surface area contributed by atoms with E-state index < -0.39 is 11.9 Å². The number of aliphatic carboxylic acids is 1. The van der Waals surface area contributed by atoms with E-state index >= 15 is 0 Å². The van der Waals surface area contributed by atoms with Crippen molar-refractivity contribution in [1.29, 1.82) is 0 Å². The number of carboxylic acid groups (broad SMARTS) is 1. The number of carboxylic acids is 1. The van der Waals surface area contributed by atoms with E-state index in [1.807, 2.05) is 0 Å². The summed E-state index contributed by atoms with van der Waals surface area (Å²) in [7, 11) is 3.05. The van der Waals surface area contributed by atoms with Crippen LogP contribution in [0, 0.1) is 5.92 Å². The molecule has 1 N–H and O–H groups in total. The number of carbonyl (C=O) groups is 4. The van der Waals surface area contributed by atoms with E-state index in [0.29, 0.717) is 51.4 Å². The highest BCUT2D eigenvalue weighted by atomic mass is 32.1. The highest BCUT2D eigenvalue weighted by Gasteiger charge is 2.20. The number of nitrogens with zero attached hydrogens (tertiary/aromatic N) is 1. The lowest BCUT2D eigenvalue weighted by Crippen LogP contribution is -2.13. The second kappa shape index (κ2) is 13.8. The minimum atomic E-state index is -1.00. The first-order chi connectivity index (χ1) is 20.1. The van der Waals surface area contributed by atoms with E-state index in [0.717, 1.165) is 14.8 Å². The monoisotopic (exact) mass is 613 g/mol. The first-order valence-electron chi connectivity index (χ1n) is 13.2. The largest absolute Gasteiger partial charge is 0.493 e. The number of hydrogen-bond acceptors (Lipinski definition) is 11. The Balaban J connectivity index is 1.37. The molecule has 3 aromatic heterocycles. The van der Waals surface area contributed by atoms with Gasteiger partial charge in [-0.1, -0.05) is 6.92 Å². The molecule has 3 heterocycles. The molecule has 4 rings (SSSR count). The maximum atomic E-state index is 12.6. The molecule has 0 aliphatic heterocycles. The fourth-order valence-electron chi connectivity index (χ4n) is 4.06. The molecule has 1 atom stereocenters. The van der Waals surface area contributed by atoms with Gasteiger partial charge in [-0.15, -0.1) is 22.7 Å². The molecule has 0 radical (unpaired) electrons. The number of hydrogen-bond donors (Lipinski definition) is 1. The second-order valence-corrected chi connectivity index (χ2v) is 11.9. The maximum absolute atomic E-state index is 12.6. The number of methoxy groups -OCH3 is 2. The van der Waals surface area contributed by atoms with Crippen molar-refractivity contribution in [3.8, 4) is 23.1 Å². The first-order valence-corrected chi connectivity index (χ1v) is 14.9. The van der Waals surface area contributed by atoms with Gasteiger partial charge in [-0.3, -0.25) is 14.4 Å². The smallest absolute Gasteiger partial charge is 0.306 e. The number of thiophene rings is 2. The molecule has 0 aliphatic carbocycles. The molecule has 0 amide bonds. The van der Waals surface area contributed by atoms with Gasteiger partial charge in [0.1, 0.15) is 5.78 Å². The molecule has 0 aliphatic rings. The molecule has 0 spiro atoms. The van der Waals surface area contributed by atoms with Gasteiger partial charge in [0.25, 0.3) is 5.88 Å². The van der Waals surface area contributed by atoms with Crippen LogP contribution in [-0.4, -0.2) is 60.8 Å². The molecule has 42 heavy (non-hydrogen) atoms. The van der Waals surface area contributed by atoms with Crippen LogP contribution in [0.15, 0.2) is 30.3 Å². The molecule has 0 saturated carbocycles. The Hall–Kier alpha value is -4.03. The third-order valence-corrected chi connectivity index (χ3v) is 8.66. The fraction of sp³-hybridized carbons (Fsp3) is 0.367. The summed E-state index contributed by atoms with van der Waals surface area (Å²) in [6.45, 7) is 3.57. The summed E-state index contributed by atoms with van der Waals surface area (Å²) < 4.78 is 24.4. The average Bonchev–Trinajstić information content (AvgIpc) is 3.58. The van der Waals surface area contributed by atoms with Crippen molar-refractivity contribution < 1.29 is 43.2 Å². The third-order valence-electron chi connectivity index (χ3n) is 6.41. The van der Waals surface area contributed by atoms with Gasteiger partial charge < -0.3 is 28.8 Å². The summed E-state index contributed by atoms with van der Waals surface area (Å²) in [5, 5.41) is 9.91. The van der Waals surface area contributed by atoms with Crippen LogP contribution in [0.3, 0.4) is 0 Å². The zero-order chi connectivity index (χ0) is 30.4. The molecular weight excluding hydrogens is 582 g/mol. The predicted octanol–water partition coefficient (Wildman–Crippen LogP) is 6.22. The molecule has 0 bridgehead atoms. The number of Topliss-reactive ketones (excluding diaryl/α,β-unsaturated/α-hetero) is 3. The number of benzene rings is 1. The lowest BCUT2D eigenvalue weighted by molar-refractivity contribution is -0.141. The van der Waals surface area contributed by atoms with Gasteiger partial charge in [-0.2, -0.15) is 0 Å².